The van der Waals surface area contributed by atoms with Crippen LogP contribution < -0.4 is 25.4 Å². The first-order valence-electron chi connectivity index (χ1n) is 20.3. The number of methoxy groups -OCH3 is 1. The van der Waals surface area contributed by atoms with E-state index in [1.807, 2.05) is 36.4 Å². The van der Waals surface area contributed by atoms with Crippen molar-refractivity contribution in [3.63, 3.8) is 0 Å². The number of hydrogen-bond donors (Lipinski definition) is 6. The zero-order valence-electron chi connectivity index (χ0n) is 34.7. The van der Waals surface area contributed by atoms with Crippen LogP contribution in [-0.2, 0) is 48.4 Å². The summed E-state index contributed by atoms with van der Waals surface area (Å²) in [6.45, 7) is 2.08. The summed E-state index contributed by atoms with van der Waals surface area (Å²) in [5.74, 6) is -2.07. The third-order valence-corrected chi connectivity index (χ3v) is 14.0. The SMILES string of the molecule is COc1ccc(C[C@H](NC(=O)[C@H](CCCCNC(=O)OCc2ccccc2)NS(C)(=O)=O)P(=O)(O)CC2(C(=O)N[C@@H](C)Cc3cn(C(=O)O)c4ccccc34)CCCC2)cc1. The van der Waals surface area contributed by atoms with Crippen molar-refractivity contribution < 1.29 is 51.6 Å². The largest absolute Gasteiger partial charge is 0.497 e. The normalized spacial score (nSPS) is 16.1. The van der Waals surface area contributed by atoms with Crippen molar-refractivity contribution in [2.24, 2.45) is 5.41 Å². The average molecular weight is 882 g/mol. The monoisotopic (exact) mass is 881 g/mol. The van der Waals surface area contributed by atoms with Gasteiger partial charge in [0, 0.05) is 36.8 Å². The second kappa shape index (κ2) is 21.0. The van der Waals surface area contributed by atoms with E-state index in [2.05, 4.69) is 20.7 Å². The number of hydrogen-bond acceptors (Lipinski definition) is 9. The van der Waals surface area contributed by atoms with Gasteiger partial charge < -0.3 is 35.4 Å². The highest BCUT2D eigenvalue weighted by Crippen LogP contribution is 2.55. The Hall–Kier alpha value is -5.22. The van der Waals surface area contributed by atoms with Gasteiger partial charge in [-0.3, -0.25) is 18.7 Å². The van der Waals surface area contributed by atoms with E-state index in [0.717, 1.165) is 27.3 Å². The number of amides is 3. The summed E-state index contributed by atoms with van der Waals surface area (Å²) in [4.78, 5) is 64.3. The maximum absolute atomic E-state index is 14.7. The Kier molecular flexibility index (Phi) is 16.2. The van der Waals surface area contributed by atoms with Crippen molar-refractivity contribution in [2.75, 3.05) is 26.1 Å². The molecule has 1 fully saturated rings. The van der Waals surface area contributed by atoms with E-state index in [1.54, 1.807) is 49.4 Å². The van der Waals surface area contributed by atoms with Crippen LogP contribution in [0.4, 0.5) is 9.59 Å². The number of alkyl carbamates (subject to hydrolysis) is 1. The predicted molar refractivity (Wildman–Crippen MR) is 231 cm³/mol. The van der Waals surface area contributed by atoms with Gasteiger partial charge in [-0.1, -0.05) is 73.5 Å². The minimum atomic E-state index is -4.46. The molecular formula is C43H56N5O11PS. The molecule has 1 aromatic heterocycles. The molecule has 4 atom stereocenters. The smallest absolute Gasteiger partial charge is 0.416 e. The molecule has 18 heteroatoms. The summed E-state index contributed by atoms with van der Waals surface area (Å²) in [6.07, 6.45) is 3.10. The quantitative estimate of drug-likeness (QED) is 0.0436. The van der Waals surface area contributed by atoms with Gasteiger partial charge in [-0.2, -0.15) is 0 Å². The van der Waals surface area contributed by atoms with Gasteiger partial charge in [-0.05, 0) is 80.3 Å². The molecule has 1 unspecified atom stereocenters. The van der Waals surface area contributed by atoms with Crippen LogP contribution in [0, 0.1) is 5.41 Å². The molecule has 16 nitrogen and oxygen atoms in total. The van der Waals surface area contributed by atoms with Crippen LogP contribution in [0.15, 0.2) is 85.1 Å². The molecule has 330 valence electrons. The standard InChI is InChI=1S/C43H56N5O11PS/c1-30(25-33-27-48(42(52)53)37-17-8-7-15-35(33)37)45-40(50)43(22-10-11-23-43)29-60(54,55)38(26-31-18-20-34(58-2)21-19-31)46-39(49)36(47-61(3,56)57)16-9-12-24-44-41(51)59-28-32-13-5-4-6-14-32/h4-8,13-15,17-21,27,30,36,38,47H,9-12,16,22-26,28-29H2,1-3H3,(H,44,51)(H,45,50)(H,46,49)(H,52,53)(H,54,55)/t30-,36-,38+/m0/s1. The molecule has 0 bridgehead atoms. The zero-order valence-corrected chi connectivity index (χ0v) is 36.4. The molecular weight excluding hydrogens is 826 g/mol. The maximum atomic E-state index is 14.7. The lowest BCUT2D eigenvalue weighted by molar-refractivity contribution is -0.130. The number of carbonyl (C=O) groups excluding carboxylic acids is 3. The van der Waals surface area contributed by atoms with Gasteiger partial charge in [0.25, 0.3) is 0 Å². The number of carbonyl (C=O) groups is 4. The minimum absolute atomic E-state index is 0.0139. The van der Waals surface area contributed by atoms with Crippen LogP contribution in [0.1, 0.15) is 68.6 Å². The van der Waals surface area contributed by atoms with Gasteiger partial charge in [0.15, 0.2) is 0 Å². The predicted octanol–water partition coefficient (Wildman–Crippen LogP) is 5.75. The van der Waals surface area contributed by atoms with E-state index in [9.17, 15) is 42.2 Å². The van der Waals surface area contributed by atoms with Crippen LogP contribution in [0.5, 0.6) is 5.75 Å². The van der Waals surface area contributed by atoms with Crippen molar-refractivity contribution >= 4 is 52.3 Å². The third kappa shape index (κ3) is 13.4. The van der Waals surface area contributed by atoms with Crippen LogP contribution in [0.3, 0.4) is 0 Å². The Morgan fingerprint density at radius 1 is 0.902 bits per heavy atom. The highest BCUT2D eigenvalue weighted by atomic mass is 32.2. The summed E-state index contributed by atoms with van der Waals surface area (Å²) < 4.78 is 53.6. The van der Waals surface area contributed by atoms with E-state index in [4.69, 9.17) is 9.47 Å². The van der Waals surface area contributed by atoms with Crippen molar-refractivity contribution in [3.8, 4) is 5.75 Å². The molecule has 0 spiro atoms. The van der Waals surface area contributed by atoms with E-state index in [1.165, 1.54) is 13.3 Å². The van der Waals surface area contributed by atoms with Gasteiger partial charge in [-0.25, -0.2) is 22.7 Å². The third-order valence-electron chi connectivity index (χ3n) is 10.9. The molecule has 3 amide bonds. The first-order valence-corrected chi connectivity index (χ1v) is 24.1. The summed E-state index contributed by atoms with van der Waals surface area (Å²) in [6, 6.07) is 21.2. The molecule has 0 radical (unpaired) electrons. The molecule has 1 aliphatic carbocycles. The maximum Gasteiger partial charge on any atom is 0.416 e. The molecule has 4 aromatic rings. The van der Waals surface area contributed by atoms with Gasteiger partial charge in [-0.15, -0.1) is 0 Å². The molecule has 0 saturated heterocycles. The van der Waals surface area contributed by atoms with Crippen LogP contribution in [-0.4, -0.2) is 90.9 Å². The van der Waals surface area contributed by atoms with Crippen LogP contribution >= 0.6 is 7.37 Å². The van der Waals surface area contributed by atoms with Gasteiger partial charge in [0.2, 0.25) is 29.2 Å². The number of benzene rings is 3. The number of fused-ring (bicyclic) bond motifs is 1. The van der Waals surface area contributed by atoms with E-state index >= 15 is 0 Å². The van der Waals surface area contributed by atoms with Crippen molar-refractivity contribution in [1.82, 2.24) is 25.2 Å². The molecule has 1 heterocycles. The molecule has 61 heavy (non-hydrogen) atoms. The Balaban J connectivity index is 1.29. The Bertz CT molecular complexity index is 2300. The second-order valence-electron chi connectivity index (χ2n) is 15.8. The van der Waals surface area contributed by atoms with Gasteiger partial charge >= 0.3 is 12.2 Å². The topological polar surface area (TPSA) is 231 Å². The number of rotatable bonds is 21. The van der Waals surface area contributed by atoms with Crippen LogP contribution in [0.2, 0.25) is 0 Å². The fourth-order valence-electron chi connectivity index (χ4n) is 7.87. The highest BCUT2D eigenvalue weighted by molar-refractivity contribution is 7.88. The number of para-hydroxylation sites is 1. The van der Waals surface area contributed by atoms with Gasteiger partial charge in [0.1, 0.15) is 24.2 Å². The summed E-state index contributed by atoms with van der Waals surface area (Å²) >= 11 is 0. The molecule has 1 aliphatic rings. The summed E-state index contributed by atoms with van der Waals surface area (Å²) in [5.41, 5.74) is 1.41. The second-order valence-corrected chi connectivity index (χ2v) is 20.0. The number of aromatic nitrogens is 1. The molecule has 1 saturated carbocycles. The fraction of sp³-hybridized carbons (Fsp3) is 0.442. The first-order chi connectivity index (χ1) is 29.0. The van der Waals surface area contributed by atoms with E-state index in [-0.39, 0.29) is 26.0 Å². The van der Waals surface area contributed by atoms with Crippen LogP contribution in [0.25, 0.3) is 10.9 Å². The van der Waals surface area contributed by atoms with Gasteiger partial charge in [0.05, 0.1) is 24.3 Å². The fourth-order valence-corrected chi connectivity index (χ4v) is 11.0. The number of nitrogens with one attached hydrogen (secondary N) is 4. The highest BCUT2D eigenvalue weighted by Gasteiger charge is 2.49. The lowest BCUT2D eigenvalue weighted by Crippen LogP contribution is -2.51. The van der Waals surface area contributed by atoms with E-state index < -0.39 is 70.8 Å². The van der Waals surface area contributed by atoms with Crippen molar-refractivity contribution in [1.29, 1.82) is 0 Å². The molecule has 5 rings (SSSR count). The zero-order chi connectivity index (χ0) is 44.2. The number of ether oxygens (including phenoxy) is 2. The average Bonchev–Trinajstić information content (AvgIpc) is 3.84. The lowest BCUT2D eigenvalue weighted by atomic mass is 9.87. The first kappa shape index (κ1) is 46.8. The number of nitrogens with zero attached hydrogens (tertiary/aromatic N) is 1. The Morgan fingerprint density at radius 2 is 1.57 bits per heavy atom. The number of unbranched alkanes of at least 4 members (excludes halogenated alkanes) is 1. The number of carboxylic acid groups (broad SMARTS) is 1. The Morgan fingerprint density at radius 3 is 2.23 bits per heavy atom. The minimum Gasteiger partial charge on any atom is -0.497 e. The number of sulfonamides is 1. The summed E-state index contributed by atoms with van der Waals surface area (Å²) in [5, 5.41) is 18.9. The molecule has 0 aliphatic heterocycles. The molecule has 6 N–H and O–H groups in total. The Labute approximate surface area is 356 Å². The van der Waals surface area contributed by atoms with Crippen molar-refractivity contribution in [3.05, 3.63) is 102 Å². The van der Waals surface area contributed by atoms with Crippen molar-refractivity contribution in [2.45, 2.75) is 89.2 Å². The lowest BCUT2D eigenvalue weighted by Gasteiger charge is -2.34. The molecule has 3 aromatic carbocycles. The van der Waals surface area contributed by atoms with E-state index in [0.29, 0.717) is 61.8 Å². The summed E-state index contributed by atoms with van der Waals surface area (Å²) in [7, 11) is -6.87.